The first-order chi connectivity index (χ1) is 15.7. The van der Waals surface area contributed by atoms with Crippen molar-refractivity contribution in [2.75, 3.05) is 50.5 Å². The van der Waals surface area contributed by atoms with Crippen LogP contribution < -0.4 is 4.90 Å². The Morgan fingerprint density at radius 3 is 2.64 bits per heavy atom. The highest BCUT2D eigenvalue weighted by molar-refractivity contribution is 8.15. The van der Waals surface area contributed by atoms with Gasteiger partial charge in [0, 0.05) is 37.1 Å². The Labute approximate surface area is 197 Å². The number of carbonyl (C=O) groups excluding carboxylic acids is 3. The van der Waals surface area contributed by atoms with Crippen LogP contribution in [0.2, 0.25) is 0 Å². The van der Waals surface area contributed by atoms with Gasteiger partial charge >= 0.3 is 5.97 Å². The maximum Gasteiger partial charge on any atom is 0.309 e. The van der Waals surface area contributed by atoms with E-state index in [1.165, 1.54) is 16.7 Å². The molecule has 0 aromatic heterocycles. The summed E-state index contributed by atoms with van der Waals surface area (Å²) in [5, 5.41) is 0.399. The largest absolute Gasteiger partial charge is 0.466 e. The molecule has 0 unspecified atom stereocenters. The molecule has 3 aliphatic heterocycles. The minimum Gasteiger partial charge on any atom is -0.466 e. The summed E-state index contributed by atoms with van der Waals surface area (Å²) in [4.78, 5) is 43.2. The lowest BCUT2D eigenvalue weighted by molar-refractivity contribution is -0.151. The summed E-state index contributed by atoms with van der Waals surface area (Å²) in [6.45, 7) is 3.30. The minimum atomic E-state index is -3.45. The van der Waals surface area contributed by atoms with Crippen molar-refractivity contribution in [1.82, 2.24) is 9.80 Å². The molecule has 1 fully saturated rings. The van der Waals surface area contributed by atoms with Gasteiger partial charge in [-0.15, -0.1) is 4.40 Å². The van der Waals surface area contributed by atoms with E-state index in [0.29, 0.717) is 49.8 Å². The summed E-state index contributed by atoms with van der Waals surface area (Å²) in [6.07, 6.45) is 1.11. The number of hydrogen-bond acceptors (Lipinski definition) is 8. The standard InChI is InChI=1S/C21H26N4O6S2/c1-3-31-20(28)14-6-8-24(9-7-14)18(26)13-23(2)19(27)15-4-5-16-17(12-15)32-21-22-33(29,30)11-10-25(16)21/h4-5,12,14H,3,6-11,13H2,1-2H3. The number of likely N-dealkylation sites (N-methyl/N-ethyl adjacent to an activating group) is 1. The molecule has 3 aliphatic rings. The molecule has 2 amide bonds. The second-order valence-electron chi connectivity index (χ2n) is 8.16. The van der Waals surface area contributed by atoms with Crippen molar-refractivity contribution in [3.05, 3.63) is 23.8 Å². The van der Waals surface area contributed by atoms with Gasteiger partial charge in [-0.3, -0.25) is 14.4 Å². The van der Waals surface area contributed by atoms with E-state index < -0.39 is 10.0 Å². The predicted molar refractivity (Wildman–Crippen MR) is 124 cm³/mol. The minimum absolute atomic E-state index is 0.0426. The number of piperidine rings is 1. The Morgan fingerprint density at radius 2 is 1.94 bits per heavy atom. The highest BCUT2D eigenvalue weighted by Crippen LogP contribution is 2.42. The van der Waals surface area contributed by atoms with Crippen molar-refractivity contribution in [1.29, 1.82) is 0 Å². The highest BCUT2D eigenvalue weighted by atomic mass is 32.2. The smallest absolute Gasteiger partial charge is 0.309 e. The van der Waals surface area contributed by atoms with E-state index in [1.807, 2.05) is 4.90 Å². The molecule has 1 saturated heterocycles. The number of benzene rings is 1. The van der Waals surface area contributed by atoms with Crippen molar-refractivity contribution in [3.63, 3.8) is 0 Å². The van der Waals surface area contributed by atoms with E-state index in [1.54, 1.807) is 37.1 Å². The van der Waals surface area contributed by atoms with Gasteiger partial charge in [0.15, 0.2) is 5.17 Å². The van der Waals surface area contributed by atoms with Crippen molar-refractivity contribution in [2.24, 2.45) is 10.3 Å². The number of anilines is 1. The number of esters is 1. The van der Waals surface area contributed by atoms with Crippen molar-refractivity contribution < 1.29 is 27.5 Å². The first-order valence-corrected chi connectivity index (χ1v) is 13.2. The Kier molecular flexibility index (Phi) is 6.66. The van der Waals surface area contributed by atoms with Crippen LogP contribution in [-0.4, -0.2) is 86.8 Å². The predicted octanol–water partition coefficient (Wildman–Crippen LogP) is 1.17. The molecule has 0 bridgehead atoms. The number of thioether (sulfide) groups is 1. The molecule has 1 aromatic carbocycles. The number of amides is 2. The fourth-order valence-electron chi connectivity index (χ4n) is 4.08. The number of hydrogen-bond donors (Lipinski definition) is 0. The second kappa shape index (κ2) is 9.34. The number of nitrogens with zero attached hydrogens (tertiary/aromatic N) is 4. The van der Waals surface area contributed by atoms with Crippen LogP contribution >= 0.6 is 11.8 Å². The Morgan fingerprint density at radius 1 is 1.21 bits per heavy atom. The molecule has 12 heteroatoms. The lowest BCUT2D eigenvalue weighted by Gasteiger charge is -2.32. The van der Waals surface area contributed by atoms with Crippen molar-refractivity contribution in [3.8, 4) is 0 Å². The molecule has 0 N–H and O–H groups in total. The molecule has 1 aromatic rings. The number of ether oxygens (including phenoxy) is 1. The highest BCUT2D eigenvalue weighted by Gasteiger charge is 2.34. The number of sulfonamides is 1. The summed E-state index contributed by atoms with van der Waals surface area (Å²) in [6, 6.07) is 5.17. The van der Waals surface area contributed by atoms with Gasteiger partial charge in [0.05, 0.1) is 30.5 Å². The zero-order valence-electron chi connectivity index (χ0n) is 18.5. The van der Waals surface area contributed by atoms with Gasteiger partial charge < -0.3 is 19.4 Å². The summed E-state index contributed by atoms with van der Waals surface area (Å²) in [7, 11) is -1.87. The van der Waals surface area contributed by atoms with Gasteiger partial charge in [-0.05, 0) is 49.7 Å². The summed E-state index contributed by atoms with van der Waals surface area (Å²) >= 11 is 1.22. The van der Waals surface area contributed by atoms with Gasteiger partial charge in [0.1, 0.15) is 0 Å². The van der Waals surface area contributed by atoms with Gasteiger partial charge in [-0.2, -0.15) is 0 Å². The number of fused-ring (bicyclic) bond motifs is 3. The molecule has 33 heavy (non-hydrogen) atoms. The monoisotopic (exact) mass is 494 g/mol. The molecule has 0 spiro atoms. The average molecular weight is 495 g/mol. The van der Waals surface area contributed by atoms with E-state index in [9.17, 15) is 22.8 Å². The van der Waals surface area contributed by atoms with E-state index in [4.69, 9.17) is 4.74 Å². The second-order valence-corrected chi connectivity index (χ2v) is 10.9. The molecule has 4 rings (SSSR count). The average Bonchev–Trinajstić information content (AvgIpc) is 3.14. The molecule has 10 nitrogen and oxygen atoms in total. The van der Waals surface area contributed by atoms with Crippen LogP contribution in [0.3, 0.4) is 0 Å². The van der Waals surface area contributed by atoms with Gasteiger partial charge in [-0.1, -0.05) is 0 Å². The third-order valence-electron chi connectivity index (χ3n) is 5.91. The van der Waals surface area contributed by atoms with Crippen molar-refractivity contribution >= 4 is 50.4 Å². The molecule has 0 aliphatic carbocycles. The lowest BCUT2D eigenvalue weighted by atomic mass is 9.97. The Bertz CT molecular complexity index is 1110. The number of amidine groups is 1. The number of rotatable bonds is 5. The lowest BCUT2D eigenvalue weighted by Crippen LogP contribution is -2.45. The van der Waals surface area contributed by atoms with Crippen LogP contribution in [0.5, 0.6) is 0 Å². The zero-order chi connectivity index (χ0) is 23.8. The quantitative estimate of drug-likeness (QED) is 0.560. The SMILES string of the molecule is CCOC(=O)C1CCN(C(=O)CN(C)C(=O)c2ccc3c(c2)SC2=NS(=O)(=O)CCN23)CC1. The summed E-state index contributed by atoms with van der Waals surface area (Å²) < 4.78 is 32.4. The maximum atomic E-state index is 12.9. The summed E-state index contributed by atoms with van der Waals surface area (Å²) in [5.41, 5.74) is 1.24. The van der Waals surface area contributed by atoms with Crippen LogP contribution in [0.4, 0.5) is 5.69 Å². The molecule has 3 heterocycles. The van der Waals surface area contributed by atoms with Crippen LogP contribution in [0, 0.1) is 5.92 Å². The number of likely N-dealkylation sites (tertiary alicyclic amines) is 1. The molecule has 0 atom stereocenters. The van der Waals surface area contributed by atoms with Gasteiger partial charge in [0.2, 0.25) is 5.91 Å². The van der Waals surface area contributed by atoms with E-state index in [2.05, 4.69) is 4.40 Å². The maximum absolute atomic E-state index is 12.9. The Hall–Kier alpha value is -2.60. The third kappa shape index (κ3) is 5.01. The Balaban J connectivity index is 1.36. The van der Waals surface area contributed by atoms with Crippen molar-refractivity contribution in [2.45, 2.75) is 24.7 Å². The first-order valence-electron chi connectivity index (χ1n) is 10.8. The fraction of sp³-hybridized carbons (Fsp3) is 0.524. The van der Waals surface area contributed by atoms with Gasteiger partial charge in [-0.25, -0.2) is 8.42 Å². The van der Waals surface area contributed by atoms with Crippen LogP contribution in [0.15, 0.2) is 27.5 Å². The fourth-order valence-corrected chi connectivity index (χ4v) is 6.38. The normalized spacial score (nSPS) is 19.4. The van der Waals surface area contributed by atoms with E-state index in [0.717, 1.165) is 10.6 Å². The van der Waals surface area contributed by atoms with E-state index in [-0.39, 0.29) is 36.0 Å². The van der Waals surface area contributed by atoms with Gasteiger partial charge in [0.25, 0.3) is 15.9 Å². The third-order valence-corrected chi connectivity index (χ3v) is 8.21. The number of carbonyl (C=O) groups is 3. The summed E-state index contributed by atoms with van der Waals surface area (Å²) in [5.74, 6) is -0.908. The first kappa shape index (κ1) is 23.6. The molecular weight excluding hydrogens is 468 g/mol. The molecule has 0 saturated carbocycles. The molecule has 0 radical (unpaired) electrons. The van der Waals surface area contributed by atoms with Crippen LogP contribution in [-0.2, 0) is 24.3 Å². The topological polar surface area (TPSA) is 117 Å². The molecule has 178 valence electrons. The van der Waals surface area contributed by atoms with Crippen LogP contribution in [0.1, 0.15) is 30.1 Å². The zero-order valence-corrected chi connectivity index (χ0v) is 20.2. The van der Waals surface area contributed by atoms with E-state index >= 15 is 0 Å². The molecular formula is C21H26N4O6S2. The van der Waals surface area contributed by atoms with Crippen LogP contribution in [0.25, 0.3) is 0 Å².